The van der Waals surface area contributed by atoms with Gasteiger partial charge in [0.15, 0.2) is 0 Å². The molecule has 0 saturated heterocycles. The Morgan fingerprint density at radius 3 is 2.74 bits per heavy atom. The average molecular weight is 269 g/mol. The molecule has 0 atom stereocenters. The van der Waals surface area contributed by atoms with Crippen molar-refractivity contribution in [2.24, 2.45) is 0 Å². The summed E-state index contributed by atoms with van der Waals surface area (Å²) in [7, 11) is 1.57. The standard InChI is InChI=1S/C13H16FNO4/c1-15(12(16)5-6-13(17)18)7-8-19-11-4-2-3-10(14)9-11/h2-4,9H,5-8H2,1H3,(H,17,18). The fourth-order valence-corrected chi connectivity index (χ4v) is 1.39. The minimum Gasteiger partial charge on any atom is -0.492 e. The zero-order valence-corrected chi connectivity index (χ0v) is 10.6. The summed E-state index contributed by atoms with van der Waals surface area (Å²) in [6.07, 6.45) is -0.222. The molecule has 19 heavy (non-hydrogen) atoms. The van der Waals surface area contributed by atoms with Crippen molar-refractivity contribution in [2.75, 3.05) is 20.2 Å². The van der Waals surface area contributed by atoms with Crippen molar-refractivity contribution < 1.29 is 23.8 Å². The summed E-state index contributed by atoms with van der Waals surface area (Å²) in [6.45, 7) is 0.535. The zero-order chi connectivity index (χ0) is 14.3. The number of amides is 1. The highest BCUT2D eigenvalue weighted by Gasteiger charge is 2.10. The number of nitrogens with zero attached hydrogens (tertiary/aromatic N) is 1. The van der Waals surface area contributed by atoms with Gasteiger partial charge in [0.1, 0.15) is 18.2 Å². The molecule has 0 unspecified atom stereocenters. The lowest BCUT2D eigenvalue weighted by molar-refractivity contribution is -0.140. The van der Waals surface area contributed by atoms with Crippen LogP contribution in [0.1, 0.15) is 12.8 Å². The van der Waals surface area contributed by atoms with Crippen molar-refractivity contribution >= 4 is 11.9 Å². The number of carbonyl (C=O) groups is 2. The molecule has 1 rings (SSSR count). The number of aliphatic carboxylic acids is 1. The van der Waals surface area contributed by atoms with E-state index in [1.807, 2.05) is 0 Å². The Labute approximate surface area is 110 Å². The van der Waals surface area contributed by atoms with E-state index in [4.69, 9.17) is 9.84 Å². The van der Waals surface area contributed by atoms with Crippen molar-refractivity contribution in [1.82, 2.24) is 4.90 Å². The van der Waals surface area contributed by atoms with Crippen LogP contribution in [0, 0.1) is 5.82 Å². The van der Waals surface area contributed by atoms with Crippen LogP contribution in [0.15, 0.2) is 24.3 Å². The third-order valence-corrected chi connectivity index (χ3v) is 2.47. The summed E-state index contributed by atoms with van der Waals surface area (Å²) < 4.78 is 18.1. The Morgan fingerprint density at radius 1 is 1.37 bits per heavy atom. The normalized spacial score (nSPS) is 10.0. The quantitative estimate of drug-likeness (QED) is 0.815. The molecule has 1 amide bonds. The van der Waals surface area contributed by atoms with Gasteiger partial charge in [-0.3, -0.25) is 9.59 Å². The van der Waals surface area contributed by atoms with Gasteiger partial charge in [-0.15, -0.1) is 0 Å². The molecule has 6 heteroatoms. The van der Waals surface area contributed by atoms with Crippen LogP contribution in [-0.2, 0) is 9.59 Å². The Hall–Kier alpha value is -2.11. The van der Waals surface area contributed by atoms with Crippen molar-refractivity contribution in [3.05, 3.63) is 30.1 Å². The lowest BCUT2D eigenvalue weighted by Crippen LogP contribution is -2.31. The van der Waals surface area contributed by atoms with Crippen molar-refractivity contribution in [3.63, 3.8) is 0 Å². The van der Waals surface area contributed by atoms with Crippen LogP contribution in [0.5, 0.6) is 5.75 Å². The molecule has 1 N–H and O–H groups in total. The molecule has 0 fully saturated rings. The smallest absolute Gasteiger partial charge is 0.303 e. The van der Waals surface area contributed by atoms with Crippen LogP contribution >= 0.6 is 0 Å². The summed E-state index contributed by atoms with van der Waals surface area (Å²) in [5.41, 5.74) is 0. The topological polar surface area (TPSA) is 66.8 Å². The second kappa shape index (κ2) is 7.35. The fraction of sp³-hybridized carbons (Fsp3) is 0.385. The fourth-order valence-electron chi connectivity index (χ4n) is 1.39. The van der Waals surface area contributed by atoms with Gasteiger partial charge in [0.2, 0.25) is 5.91 Å². The van der Waals surface area contributed by atoms with E-state index >= 15 is 0 Å². The maximum Gasteiger partial charge on any atom is 0.303 e. The number of carboxylic acids is 1. The monoisotopic (exact) mass is 269 g/mol. The summed E-state index contributed by atoms with van der Waals surface area (Å²) in [6, 6.07) is 5.72. The SMILES string of the molecule is CN(CCOc1cccc(F)c1)C(=O)CCC(=O)O. The van der Waals surface area contributed by atoms with Crippen molar-refractivity contribution in [3.8, 4) is 5.75 Å². The number of carbonyl (C=O) groups excluding carboxylic acids is 1. The summed E-state index contributed by atoms with van der Waals surface area (Å²) in [4.78, 5) is 23.2. The second-order valence-electron chi connectivity index (χ2n) is 4.01. The molecular weight excluding hydrogens is 253 g/mol. The van der Waals surface area contributed by atoms with Gasteiger partial charge in [-0.1, -0.05) is 6.07 Å². The Balaban J connectivity index is 2.28. The number of hydrogen-bond acceptors (Lipinski definition) is 3. The molecule has 0 aliphatic carbocycles. The summed E-state index contributed by atoms with van der Waals surface area (Å²) >= 11 is 0. The molecule has 0 spiro atoms. The predicted octanol–water partition coefficient (Wildman–Crippen LogP) is 1.53. The van der Waals surface area contributed by atoms with Gasteiger partial charge in [-0.05, 0) is 12.1 Å². The Bertz CT molecular complexity index is 450. The summed E-state index contributed by atoms with van der Waals surface area (Å²) in [5.74, 6) is -1.25. The third-order valence-electron chi connectivity index (χ3n) is 2.47. The number of rotatable bonds is 7. The largest absolute Gasteiger partial charge is 0.492 e. The van der Waals surface area contributed by atoms with Gasteiger partial charge in [-0.2, -0.15) is 0 Å². The van der Waals surface area contributed by atoms with Crippen molar-refractivity contribution in [1.29, 1.82) is 0 Å². The van der Waals surface area contributed by atoms with E-state index < -0.39 is 5.97 Å². The van der Waals surface area contributed by atoms with E-state index in [0.29, 0.717) is 12.3 Å². The van der Waals surface area contributed by atoms with Crippen molar-refractivity contribution in [2.45, 2.75) is 12.8 Å². The lowest BCUT2D eigenvalue weighted by atomic mass is 10.3. The van der Waals surface area contributed by atoms with E-state index in [1.165, 1.54) is 23.1 Å². The Morgan fingerprint density at radius 2 is 2.11 bits per heavy atom. The molecule has 1 aromatic carbocycles. The highest BCUT2D eigenvalue weighted by molar-refractivity contribution is 5.80. The number of ether oxygens (including phenoxy) is 1. The van der Waals surface area contributed by atoms with Crippen LogP contribution in [0.25, 0.3) is 0 Å². The van der Waals surface area contributed by atoms with E-state index in [9.17, 15) is 14.0 Å². The molecule has 0 saturated carbocycles. The van der Waals surface area contributed by atoms with Crippen LogP contribution in [0.4, 0.5) is 4.39 Å². The second-order valence-corrected chi connectivity index (χ2v) is 4.01. The maximum atomic E-state index is 12.9. The first-order valence-electron chi connectivity index (χ1n) is 5.83. The van der Waals surface area contributed by atoms with Crippen LogP contribution < -0.4 is 4.74 Å². The summed E-state index contributed by atoms with van der Waals surface area (Å²) in [5, 5.41) is 8.46. The molecule has 0 aliphatic rings. The van der Waals surface area contributed by atoms with Crippen LogP contribution in [0.3, 0.4) is 0 Å². The number of halogens is 1. The zero-order valence-electron chi connectivity index (χ0n) is 10.6. The average Bonchev–Trinajstić information content (AvgIpc) is 2.35. The highest BCUT2D eigenvalue weighted by atomic mass is 19.1. The predicted molar refractivity (Wildman–Crippen MR) is 66.4 cm³/mol. The highest BCUT2D eigenvalue weighted by Crippen LogP contribution is 2.11. The molecule has 5 nitrogen and oxygen atoms in total. The molecule has 0 radical (unpaired) electrons. The minimum absolute atomic E-state index is 0.0359. The number of hydrogen-bond donors (Lipinski definition) is 1. The first-order chi connectivity index (χ1) is 8.99. The van der Waals surface area contributed by atoms with Crippen LogP contribution in [0.2, 0.25) is 0 Å². The van der Waals surface area contributed by atoms with Gasteiger partial charge < -0.3 is 14.7 Å². The molecule has 0 bridgehead atoms. The number of carboxylic acid groups (broad SMARTS) is 1. The maximum absolute atomic E-state index is 12.9. The molecule has 104 valence electrons. The Kier molecular flexibility index (Phi) is 5.78. The van der Waals surface area contributed by atoms with Gasteiger partial charge in [0.05, 0.1) is 13.0 Å². The molecular formula is C13H16FNO4. The molecule has 0 aromatic heterocycles. The molecule has 1 aromatic rings. The first-order valence-corrected chi connectivity index (χ1v) is 5.83. The number of benzene rings is 1. The van der Waals surface area contributed by atoms with Crippen LogP contribution in [-0.4, -0.2) is 42.1 Å². The minimum atomic E-state index is -1.00. The first kappa shape index (κ1) is 14.9. The van der Waals surface area contributed by atoms with Gasteiger partial charge in [0.25, 0.3) is 0 Å². The molecule has 0 aliphatic heterocycles. The number of likely N-dealkylation sites (N-methyl/N-ethyl adjacent to an activating group) is 1. The van der Waals surface area contributed by atoms with E-state index in [1.54, 1.807) is 13.1 Å². The molecule has 0 heterocycles. The third kappa shape index (κ3) is 5.85. The van der Waals surface area contributed by atoms with E-state index in [0.717, 1.165) is 0 Å². The van der Waals surface area contributed by atoms with E-state index in [-0.39, 0.29) is 31.2 Å². The van der Waals surface area contributed by atoms with Gasteiger partial charge in [-0.25, -0.2) is 4.39 Å². The lowest BCUT2D eigenvalue weighted by Gasteiger charge is -2.17. The van der Waals surface area contributed by atoms with E-state index in [2.05, 4.69) is 0 Å². The van der Waals surface area contributed by atoms with Gasteiger partial charge in [0, 0.05) is 19.5 Å². The van der Waals surface area contributed by atoms with Gasteiger partial charge >= 0.3 is 5.97 Å².